The van der Waals surface area contributed by atoms with Gasteiger partial charge in [0.2, 0.25) is 11.8 Å². The molecule has 2 unspecified atom stereocenters. The molecule has 0 bridgehead atoms. The van der Waals surface area contributed by atoms with Crippen molar-refractivity contribution in [3.63, 3.8) is 0 Å². The van der Waals surface area contributed by atoms with E-state index in [0.717, 1.165) is 44.5 Å². The number of nitrogens with one attached hydrogen (secondary N) is 2. The van der Waals surface area contributed by atoms with E-state index in [1.165, 1.54) is 0 Å². The molecule has 1 aromatic heterocycles. The number of hydrogen-bond acceptors (Lipinski definition) is 6. The molecule has 0 spiro atoms. The Balaban J connectivity index is 2.06. The molecule has 1 saturated heterocycles. The molecular formula is C28H48N4O3. The number of aromatic nitrogens is 1. The van der Waals surface area contributed by atoms with Crippen LogP contribution in [-0.4, -0.2) is 47.7 Å². The molecule has 198 valence electrons. The topological polar surface area (TPSA) is 79.6 Å². The lowest BCUT2D eigenvalue weighted by Gasteiger charge is -2.41. The summed E-state index contributed by atoms with van der Waals surface area (Å²) in [5.41, 5.74) is -0.630. The van der Waals surface area contributed by atoms with Crippen molar-refractivity contribution in [3.8, 4) is 0 Å². The normalized spacial score (nSPS) is 17.8. The van der Waals surface area contributed by atoms with Crippen molar-refractivity contribution in [2.45, 2.75) is 98.1 Å². The lowest BCUT2D eigenvalue weighted by Crippen LogP contribution is -2.56. The summed E-state index contributed by atoms with van der Waals surface area (Å²) >= 11 is 0. The summed E-state index contributed by atoms with van der Waals surface area (Å²) < 4.78 is 11.6. The first-order chi connectivity index (χ1) is 16.3. The Labute approximate surface area is 212 Å². The summed E-state index contributed by atoms with van der Waals surface area (Å²) in [6, 6.07) is 2.13. The van der Waals surface area contributed by atoms with Crippen molar-refractivity contribution >= 4 is 11.8 Å². The molecule has 2 N–H and O–H groups in total. The number of likely N-dealkylation sites (N-methyl/N-ethyl adjacent to an activating group) is 1. The van der Waals surface area contributed by atoms with Gasteiger partial charge in [-0.15, -0.1) is 0 Å². The molecule has 2 rings (SSSR count). The largest absolute Gasteiger partial charge is 0.466 e. The molecule has 1 aromatic rings. The van der Waals surface area contributed by atoms with Crippen LogP contribution in [0.4, 0.5) is 5.88 Å². The van der Waals surface area contributed by atoms with E-state index in [9.17, 15) is 4.79 Å². The Morgan fingerprint density at radius 1 is 1.31 bits per heavy atom. The number of anilines is 1. The molecule has 7 nitrogen and oxygen atoms in total. The molecule has 7 heteroatoms. The fourth-order valence-electron chi connectivity index (χ4n) is 4.49. The van der Waals surface area contributed by atoms with E-state index < -0.39 is 11.0 Å². The van der Waals surface area contributed by atoms with Gasteiger partial charge in [-0.2, -0.15) is 0 Å². The Kier molecular flexibility index (Phi) is 10.2. The van der Waals surface area contributed by atoms with Gasteiger partial charge in [0.15, 0.2) is 0 Å². The zero-order valence-electron chi connectivity index (χ0n) is 23.5. The summed E-state index contributed by atoms with van der Waals surface area (Å²) in [6.07, 6.45) is 6.46. The second-order valence-corrected chi connectivity index (χ2v) is 11.1. The summed E-state index contributed by atoms with van der Waals surface area (Å²) in [4.78, 5) is 15.3. The van der Waals surface area contributed by atoms with Crippen molar-refractivity contribution in [2.75, 3.05) is 25.5 Å². The number of allylic oxidation sites excluding steroid dienone is 3. The molecule has 2 atom stereocenters. The van der Waals surface area contributed by atoms with Gasteiger partial charge >= 0.3 is 0 Å². The van der Waals surface area contributed by atoms with Gasteiger partial charge < -0.3 is 14.6 Å². The van der Waals surface area contributed by atoms with Crippen LogP contribution in [0.15, 0.2) is 34.8 Å². The fraction of sp³-hybridized carbons (Fsp3) is 0.714. The maximum absolute atomic E-state index is 13.2. The smallest absolute Gasteiger partial charge is 0.246 e. The van der Waals surface area contributed by atoms with Gasteiger partial charge in [0.25, 0.3) is 0 Å². The van der Waals surface area contributed by atoms with Crippen LogP contribution in [0.3, 0.4) is 0 Å². The number of ether oxygens (including phenoxy) is 1. The van der Waals surface area contributed by atoms with Gasteiger partial charge in [0, 0.05) is 12.1 Å². The standard InChI is InChI=1S/C28H48N4O3/c1-11-19(3)22(12-2)17-20(4)34-21(5)27(6,7)24-18-25(35-31-24)30-26(33)28(8,9)32(10)23-13-15-29-16-14-23/h17-19,22-23,29H,5,11-16H2,1-4,6-10H3,(H,30,33)/b20-17-. The number of carbonyl (C=O) groups is 1. The minimum atomic E-state index is -0.690. The minimum absolute atomic E-state index is 0.122. The van der Waals surface area contributed by atoms with E-state index in [0.29, 0.717) is 35.2 Å². The first kappa shape index (κ1) is 29.1. The van der Waals surface area contributed by atoms with Crippen molar-refractivity contribution < 1.29 is 14.1 Å². The number of carbonyl (C=O) groups excluding carboxylic acids is 1. The highest BCUT2D eigenvalue weighted by Gasteiger charge is 2.38. The van der Waals surface area contributed by atoms with Crippen LogP contribution < -0.4 is 10.6 Å². The highest BCUT2D eigenvalue weighted by atomic mass is 16.5. The maximum atomic E-state index is 13.2. The third-order valence-electron chi connectivity index (χ3n) is 7.96. The summed E-state index contributed by atoms with van der Waals surface area (Å²) in [5.74, 6) is 2.70. The predicted octanol–water partition coefficient (Wildman–Crippen LogP) is 5.86. The van der Waals surface area contributed by atoms with E-state index >= 15 is 0 Å². The lowest BCUT2D eigenvalue weighted by molar-refractivity contribution is -0.127. The molecule has 35 heavy (non-hydrogen) atoms. The zero-order valence-corrected chi connectivity index (χ0v) is 23.5. The van der Waals surface area contributed by atoms with Crippen LogP contribution in [0.25, 0.3) is 0 Å². The van der Waals surface area contributed by atoms with Crippen molar-refractivity contribution in [3.05, 3.63) is 35.9 Å². The molecule has 0 radical (unpaired) electrons. The highest BCUT2D eigenvalue weighted by molar-refractivity contribution is 5.96. The molecule has 1 fully saturated rings. The number of nitrogens with zero attached hydrogens (tertiary/aromatic N) is 2. The molecule has 0 aliphatic carbocycles. The van der Waals surface area contributed by atoms with E-state index in [-0.39, 0.29) is 5.91 Å². The molecule has 0 aromatic carbocycles. The Morgan fingerprint density at radius 3 is 2.51 bits per heavy atom. The number of amides is 1. The highest BCUT2D eigenvalue weighted by Crippen LogP contribution is 2.34. The van der Waals surface area contributed by atoms with Gasteiger partial charge in [0.1, 0.15) is 5.76 Å². The van der Waals surface area contributed by atoms with Crippen LogP contribution in [0, 0.1) is 11.8 Å². The first-order valence-corrected chi connectivity index (χ1v) is 13.1. The second-order valence-electron chi connectivity index (χ2n) is 11.1. The Morgan fingerprint density at radius 2 is 1.94 bits per heavy atom. The van der Waals surface area contributed by atoms with Crippen LogP contribution in [0.1, 0.15) is 86.8 Å². The summed E-state index contributed by atoms with van der Waals surface area (Å²) in [5, 5.41) is 10.5. The lowest BCUT2D eigenvalue weighted by atomic mass is 9.87. The van der Waals surface area contributed by atoms with Crippen LogP contribution in [-0.2, 0) is 14.9 Å². The van der Waals surface area contributed by atoms with Gasteiger partial charge in [-0.3, -0.25) is 15.0 Å². The van der Waals surface area contributed by atoms with Gasteiger partial charge in [-0.25, -0.2) is 0 Å². The molecule has 1 amide bonds. The average Bonchev–Trinajstić information content (AvgIpc) is 3.31. The molecule has 0 saturated carbocycles. The second kappa shape index (κ2) is 12.2. The van der Waals surface area contributed by atoms with E-state index in [4.69, 9.17) is 9.26 Å². The Hall–Kier alpha value is -2.12. The fourth-order valence-corrected chi connectivity index (χ4v) is 4.49. The van der Waals surface area contributed by atoms with E-state index in [1.54, 1.807) is 6.07 Å². The van der Waals surface area contributed by atoms with Gasteiger partial charge in [-0.05, 0) is 91.9 Å². The van der Waals surface area contributed by atoms with Crippen molar-refractivity contribution in [1.29, 1.82) is 0 Å². The third kappa shape index (κ3) is 7.20. The van der Waals surface area contributed by atoms with Gasteiger partial charge in [-0.1, -0.05) is 38.9 Å². The van der Waals surface area contributed by atoms with Crippen molar-refractivity contribution in [1.82, 2.24) is 15.4 Å². The monoisotopic (exact) mass is 488 g/mol. The van der Waals surface area contributed by atoms with Gasteiger partial charge in [0.05, 0.1) is 22.4 Å². The number of rotatable bonds is 12. The quantitative estimate of drug-likeness (QED) is 0.359. The molecule has 1 aliphatic heterocycles. The minimum Gasteiger partial charge on any atom is -0.466 e. The number of hydrogen-bond donors (Lipinski definition) is 2. The van der Waals surface area contributed by atoms with E-state index in [1.807, 2.05) is 41.7 Å². The molecule has 2 heterocycles. The van der Waals surface area contributed by atoms with Crippen LogP contribution in [0.2, 0.25) is 0 Å². The SMILES string of the molecule is C=C(O/C(C)=C\C(CC)C(C)CC)C(C)(C)c1cc(NC(=O)C(C)(C)N(C)C2CCNCC2)on1. The molecular weight excluding hydrogens is 440 g/mol. The first-order valence-electron chi connectivity index (χ1n) is 13.1. The predicted molar refractivity (Wildman–Crippen MR) is 143 cm³/mol. The number of piperidine rings is 1. The van der Waals surface area contributed by atoms with Crippen molar-refractivity contribution in [2.24, 2.45) is 11.8 Å². The zero-order chi connectivity index (χ0) is 26.4. The Bertz CT molecular complexity index is 881. The summed E-state index contributed by atoms with van der Waals surface area (Å²) in [6.45, 7) is 22.7. The molecule has 1 aliphatic rings. The maximum Gasteiger partial charge on any atom is 0.246 e. The van der Waals surface area contributed by atoms with Crippen LogP contribution in [0.5, 0.6) is 0 Å². The van der Waals surface area contributed by atoms with E-state index in [2.05, 4.69) is 54.1 Å². The average molecular weight is 489 g/mol. The van der Waals surface area contributed by atoms with Crippen LogP contribution >= 0.6 is 0 Å². The third-order valence-corrected chi connectivity index (χ3v) is 7.96. The summed E-state index contributed by atoms with van der Waals surface area (Å²) in [7, 11) is 2.02.